The van der Waals surface area contributed by atoms with Crippen LogP contribution in [0, 0.1) is 5.92 Å². The van der Waals surface area contributed by atoms with Crippen LogP contribution >= 0.6 is 0 Å². The van der Waals surface area contributed by atoms with Crippen molar-refractivity contribution in [2.45, 2.75) is 13.0 Å². The maximum Gasteiger partial charge on any atom is 0.126 e. The van der Waals surface area contributed by atoms with Crippen LogP contribution in [0.5, 0.6) is 0 Å². The molecule has 0 spiro atoms. The molecule has 0 saturated carbocycles. The third-order valence-electron chi connectivity index (χ3n) is 2.06. The van der Waals surface area contributed by atoms with E-state index in [0.717, 1.165) is 0 Å². The largest absolute Gasteiger partial charge is 0.493 e. The van der Waals surface area contributed by atoms with Gasteiger partial charge >= 0.3 is 0 Å². The molecule has 0 N–H and O–H groups in total. The lowest BCUT2D eigenvalue weighted by Crippen LogP contribution is -2.16. The predicted molar refractivity (Wildman–Crippen MR) is 40.4 cm³/mol. The number of hydrogen-bond donors (Lipinski definition) is 0. The van der Waals surface area contributed by atoms with Crippen LogP contribution in [0.4, 0.5) is 0 Å². The Kier molecular flexibility index (Phi) is 1.16. The fourth-order valence-corrected chi connectivity index (χ4v) is 1.42. The lowest BCUT2D eigenvalue weighted by Gasteiger charge is -2.18. The Labute approximate surface area is 60.7 Å². The standard InChI is InChI=1S/C9H10O/c1-7-3-2-4-9-8(7)5-6-10-9/h2-6,8-9H,1H3. The molecular weight excluding hydrogens is 124 g/mol. The summed E-state index contributed by atoms with van der Waals surface area (Å²) in [5.41, 5.74) is 1.39. The predicted octanol–water partition coefficient (Wildman–Crippen LogP) is 2.03. The molecule has 1 heterocycles. The number of hydrogen-bond acceptors (Lipinski definition) is 1. The highest BCUT2D eigenvalue weighted by atomic mass is 16.5. The van der Waals surface area contributed by atoms with E-state index in [0.29, 0.717) is 5.92 Å². The van der Waals surface area contributed by atoms with Gasteiger partial charge < -0.3 is 4.74 Å². The van der Waals surface area contributed by atoms with Gasteiger partial charge in [0.25, 0.3) is 0 Å². The van der Waals surface area contributed by atoms with Crippen LogP contribution in [-0.2, 0) is 4.74 Å². The monoisotopic (exact) mass is 134 g/mol. The van der Waals surface area contributed by atoms with Crippen molar-refractivity contribution >= 4 is 0 Å². The Morgan fingerprint density at radius 3 is 3.10 bits per heavy atom. The van der Waals surface area contributed by atoms with Crippen molar-refractivity contribution in [1.29, 1.82) is 0 Å². The SMILES string of the molecule is CC1=CC=CC2OC=CC12. The zero-order valence-electron chi connectivity index (χ0n) is 5.95. The van der Waals surface area contributed by atoms with Crippen LogP contribution in [0.25, 0.3) is 0 Å². The summed E-state index contributed by atoms with van der Waals surface area (Å²) in [6, 6.07) is 0. The van der Waals surface area contributed by atoms with Gasteiger partial charge in [0, 0.05) is 5.92 Å². The van der Waals surface area contributed by atoms with Gasteiger partial charge in [-0.2, -0.15) is 0 Å². The lowest BCUT2D eigenvalue weighted by atomic mass is 9.91. The summed E-state index contributed by atoms with van der Waals surface area (Å²) in [6.07, 6.45) is 10.5. The van der Waals surface area contributed by atoms with Crippen molar-refractivity contribution in [3.05, 3.63) is 36.1 Å². The number of ether oxygens (including phenoxy) is 1. The number of allylic oxidation sites excluding steroid dienone is 2. The lowest BCUT2D eigenvalue weighted by molar-refractivity contribution is 0.188. The molecule has 0 saturated heterocycles. The van der Waals surface area contributed by atoms with E-state index in [9.17, 15) is 0 Å². The maximum absolute atomic E-state index is 5.32. The van der Waals surface area contributed by atoms with E-state index < -0.39 is 0 Å². The van der Waals surface area contributed by atoms with Gasteiger partial charge in [-0.3, -0.25) is 0 Å². The summed E-state index contributed by atoms with van der Waals surface area (Å²) < 4.78 is 5.32. The highest BCUT2D eigenvalue weighted by Crippen LogP contribution is 2.28. The van der Waals surface area contributed by atoms with Gasteiger partial charge in [0.15, 0.2) is 0 Å². The molecule has 2 atom stereocenters. The van der Waals surface area contributed by atoms with Crippen molar-refractivity contribution in [1.82, 2.24) is 0 Å². The van der Waals surface area contributed by atoms with Gasteiger partial charge in [-0.25, -0.2) is 0 Å². The minimum atomic E-state index is 0.282. The topological polar surface area (TPSA) is 9.23 Å². The molecule has 0 aromatic heterocycles. The van der Waals surface area contributed by atoms with Crippen molar-refractivity contribution in [3.63, 3.8) is 0 Å². The van der Waals surface area contributed by atoms with Gasteiger partial charge in [-0.15, -0.1) is 0 Å². The fourth-order valence-electron chi connectivity index (χ4n) is 1.42. The molecule has 1 aliphatic carbocycles. The first kappa shape index (κ1) is 5.78. The van der Waals surface area contributed by atoms with Crippen molar-refractivity contribution in [3.8, 4) is 0 Å². The summed E-state index contributed by atoms with van der Waals surface area (Å²) in [5.74, 6) is 0.505. The molecule has 2 rings (SSSR count). The molecule has 1 aliphatic heterocycles. The van der Waals surface area contributed by atoms with Crippen LogP contribution in [0.15, 0.2) is 36.1 Å². The van der Waals surface area contributed by atoms with E-state index in [1.165, 1.54) is 5.57 Å². The molecule has 0 fully saturated rings. The second-order valence-corrected chi connectivity index (χ2v) is 2.75. The molecular formula is C9H10O. The molecule has 2 unspecified atom stereocenters. The zero-order chi connectivity index (χ0) is 6.97. The quantitative estimate of drug-likeness (QED) is 0.492. The summed E-state index contributed by atoms with van der Waals surface area (Å²) in [5, 5.41) is 0. The third-order valence-corrected chi connectivity index (χ3v) is 2.06. The summed E-state index contributed by atoms with van der Waals surface area (Å²) >= 11 is 0. The molecule has 0 radical (unpaired) electrons. The van der Waals surface area contributed by atoms with Crippen molar-refractivity contribution in [2.75, 3.05) is 0 Å². The second kappa shape index (κ2) is 2.01. The number of rotatable bonds is 0. The van der Waals surface area contributed by atoms with E-state index in [1.807, 2.05) is 0 Å². The molecule has 1 heteroatoms. The molecule has 0 aromatic carbocycles. The zero-order valence-corrected chi connectivity index (χ0v) is 5.95. The molecule has 52 valence electrons. The van der Waals surface area contributed by atoms with E-state index >= 15 is 0 Å². The molecule has 1 nitrogen and oxygen atoms in total. The first-order valence-electron chi connectivity index (χ1n) is 3.55. The van der Waals surface area contributed by atoms with Gasteiger partial charge in [0.1, 0.15) is 6.10 Å². The number of fused-ring (bicyclic) bond motifs is 1. The van der Waals surface area contributed by atoms with Gasteiger partial charge in [0.2, 0.25) is 0 Å². The van der Waals surface area contributed by atoms with Crippen LogP contribution in [0.2, 0.25) is 0 Å². The Morgan fingerprint density at radius 1 is 1.40 bits per heavy atom. The van der Waals surface area contributed by atoms with Crippen LogP contribution < -0.4 is 0 Å². The van der Waals surface area contributed by atoms with E-state index in [-0.39, 0.29) is 6.10 Å². The minimum Gasteiger partial charge on any atom is -0.493 e. The Balaban J connectivity index is 2.30. The normalized spacial score (nSPS) is 35.1. The average molecular weight is 134 g/mol. The molecule has 0 amide bonds. The molecule has 0 bridgehead atoms. The molecule has 0 aromatic rings. The highest BCUT2D eigenvalue weighted by Gasteiger charge is 2.24. The van der Waals surface area contributed by atoms with E-state index in [2.05, 4.69) is 31.2 Å². The summed E-state index contributed by atoms with van der Waals surface area (Å²) in [6.45, 7) is 2.14. The Bertz CT molecular complexity index is 223. The van der Waals surface area contributed by atoms with E-state index in [1.54, 1.807) is 6.26 Å². The smallest absolute Gasteiger partial charge is 0.126 e. The van der Waals surface area contributed by atoms with Gasteiger partial charge in [0.05, 0.1) is 6.26 Å². The molecule has 2 aliphatic rings. The van der Waals surface area contributed by atoms with Gasteiger partial charge in [-0.1, -0.05) is 17.7 Å². The first-order chi connectivity index (χ1) is 4.88. The van der Waals surface area contributed by atoms with Crippen molar-refractivity contribution < 1.29 is 4.74 Å². The maximum atomic E-state index is 5.32. The van der Waals surface area contributed by atoms with Gasteiger partial charge in [-0.05, 0) is 19.1 Å². The first-order valence-corrected chi connectivity index (χ1v) is 3.55. The third kappa shape index (κ3) is 0.703. The Morgan fingerprint density at radius 2 is 2.30 bits per heavy atom. The summed E-state index contributed by atoms with van der Waals surface area (Å²) in [7, 11) is 0. The van der Waals surface area contributed by atoms with Crippen LogP contribution in [0.3, 0.4) is 0 Å². The highest BCUT2D eigenvalue weighted by molar-refractivity contribution is 5.28. The second-order valence-electron chi connectivity index (χ2n) is 2.75. The summed E-state index contributed by atoms with van der Waals surface area (Å²) in [4.78, 5) is 0. The average Bonchev–Trinajstić information content (AvgIpc) is 2.36. The van der Waals surface area contributed by atoms with E-state index in [4.69, 9.17) is 4.74 Å². The minimum absolute atomic E-state index is 0.282. The van der Waals surface area contributed by atoms with Crippen LogP contribution in [0.1, 0.15) is 6.92 Å². The fraction of sp³-hybridized carbons (Fsp3) is 0.333. The van der Waals surface area contributed by atoms with Crippen LogP contribution in [-0.4, -0.2) is 6.10 Å². The Hall–Kier alpha value is -0.980. The molecule has 10 heavy (non-hydrogen) atoms. The van der Waals surface area contributed by atoms with Crippen molar-refractivity contribution in [2.24, 2.45) is 5.92 Å².